The SMILES string of the molecule is CCNc1nc2cc(Cl)c(F)cc2n1CCCCCN. The Labute approximate surface area is 123 Å². The standard InChI is InChI=1S/C14H20ClFN4/c1-2-18-14-19-12-8-10(15)11(16)9-13(12)20(14)7-5-3-4-6-17/h8-9H,2-7,17H2,1H3,(H,18,19). The molecule has 20 heavy (non-hydrogen) atoms. The molecule has 4 nitrogen and oxygen atoms in total. The molecule has 110 valence electrons. The normalized spacial score (nSPS) is 11.2. The molecule has 0 fully saturated rings. The van der Waals surface area contributed by atoms with Gasteiger partial charge in [0.2, 0.25) is 5.95 Å². The van der Waals surface area contributed by atoms with Crippen LogP contribution in [0.3, 0.4) is 0 Å². The van der Waals surface area contributed by atoms with E-state index in [4.69, 9.17) is 17.3 Å². The average Bonchev–Trinajstić information content (AvgIpc) is 2.73. The molecule has 0 amide bonds. The van der Waals surface area contributed by atoms with Crippen molar-refractivity contribution in [2.45, 2.75) is 32.7 Å². The Bertz CT molecular complexity index is 582. The number of unbranched alkanes of at least 4 members (excludes halogenated alkanes) is 2. The zero-order chi connectivity index (χ0) is 14.5. The van der Waals surface area contributed by atoms with Crippen molar-refractivity contribution in [2.75, 3.05) is 18.4 Å². The minimum atomic E-state index is -0.412. The lowest BCUT2D eigenvalue weighted by Gasteiger charge is -2.09. The Kier molecular flexibility index (Phi) is 5.20. The van der Waals surface area contributed by atoms with Crippen LogP contribution in [0.1, 0.15) is 26.2 Å². The predicted octanol–water partition coefficient (Wildman–Crippen LogP) is 3.39. The van der Waals surface area contributed by atoms with E-state index >= 15 is 0 Å². The molecule has 0 saturated heterocycles. The van der Waals surface area contributed by atoms with Gasteiger partial charge in [0.15, 0.2) is 0 Å². The number of aryl methyl sites for hydroxylation is 1. The number of nitrogens with zero attached hydrogens (tertiary/aromatic N) is 2. The maximum absolute atomic E-state index is 13.7. The summed E-state index contributed by atoms with van der Waals surface area (Å²) in [6.07, 6.45) is 3.05. The molecule has 2 aromatic rings. The summed E-state index contributed by atoms with van der Waals surface area (Å²) < 4.78 is 15.7. The zero-order valence-corrected chi connectivity index (χ0v) is 12.4. The van der Waals surface area contributed by atoms with E-state index < -0.39 is 5.82 Å². The van der Waals surface area contributed by atoms with Gasteiger partial charge in [0.25, 0.3) is 0 Å². The van der Waals surface area contributed by atoms with Gasteiger partial charge in [0.1, 0.15) is 5.82 Å². The minimum absolute atomic E-state index is 0.105. The highest BCUT2D eigenvalue weighted by Crippen LogP contribution is 2.26. The van der Waals surface area contributed by atoms with Crippen molar-refractivity contribution in [2.24, 2.45) is 5.73 Å². The second kappa shape index (κ2) is 6.90. The highest BCUT2D eigenvalue weighted by atomic mass is 35.5. The van der Waals surface area contributed by atoms with Crippen molar-refractivity contribution in [3.63, 3.8) is 0 Å². The van der Waals surface area contributed by atoms with Crippen molar-refractivity contribution in [1.29, 1.82) is 0 Å². The molecule has 1 heterocycles. The number of nitrogens with one attached hydrogen (secondary N) is 1. The minimum Gasteiger partial charge on any atom is -0.356 e. The van der Waals surface area contributed by atoms with Crippen LogP contribution >= 0.6 is 11.6 Å². The van der Waals surface area contributed by atoms with Gasteiger partial charge in [0.05, 0.1) is 16.1 Å². The average molecular weight is 299 g/mol. The molecule has 2 rings (SSSR count). The number of anilines is 1. The van der Waals surface area contributed by atoms with E-state index in [1.54, 1.807) is 6.07 Å². The number of halogens is 2. The number of hydrogen-bond acceptors (Lipinski definition) is 3. The van der Waals surface area contributed by atoms with E-state index in [-0.39, 0.29) is 5.02 Å². The van der Waals surface area contributed by atoms with Gasteiger partial charge in [-0.05, 0) is 32.4 Å². The summed E-state index contributed by atoms with van der Waals surface area (Å²) >= 11 is 5.81. The van der Waals surface area contributed by atoms with Gasteiger partial charge in [-0.2, -0.15) is 0 Å². The molecule has 0 unspecified atom stereocenters. The van der Waals surface area contributed by atoms with Crippen LogP contribution in [-0.2, 0) is 6.54 Å². The van der Waals surface area contributed by atoms with Gasteiger partial charge in [-0.25, -0.2) is 9.37 Å². The molecule has 1 aromatic carbocycles. The molecule has 0 aliphatic carbocycles. The van der Waals surface area contributed by atoms with E-state index in [1.807, 2.05) is 11.5 Å². The largest absolute Gasteiger partial charge is 0.356 e. The van der Waals surface area contributed by atoms with E-state index in [0.717, 1.165) is 43.8 Å². The third-order valence-corrected chi connectivity index (χ3v) is 3.50. The quantitative estimate of drug-likeness (QED) is 0.770. The number of rotatable bonds is 7. The van der Waals surface area contributed by atoms with Gasteiger partial charge in [-0.1, -0.05) is 18.0 Å². The second-order valence-electron chi connectivity index (χ2n) is 4.72. The van der Waals surface area contributed by atoms with E-state index in [9.17, 15) is 4.39 Å². The molecule has 0 spiro atoms. The molecule has 0 atom stereocenters. The summed E-state index contributed by atoms with van der Waals surface area (Å²) in [5.41, 5.74) is 6.98. The molecule has 0 radical (unpaired) electrons. The van der Waals surface area contributed by atoms with Gasteiger partial charge in [0, 0.05) is 19.2 Å². The summed E-state index contributed by atoms with van der Waals surface area (Å²) in [7, 11) is 0. The number of hydrogen-bond donors (Lipinski definition) is 2. The first-order valence-corrected chi connectivity index (χ1v) is 7.34. The molecular formula is C14H20ClFN4. The summed E-state index contributed by atoms with van der Waals surface area (Å²) in [4.78, 5) is 4.48. The zero-order valence-electron chi connectivity index (χ0n) is 11.6. The Morgan fingerprint density at radius 3 is 2.85 bits per heavy atom. The van der Waals surface area contributed by atoms with Crippen LogP contribution in [0.4, 0.5) is 10.3 Å². The smallest absolute Gasteiger partial charge is 0.203 e. The summed E-state index contributed by atoms with van der Waals surface area (Å²) in [5, 5.41) is 3.31. The monoisotopic (exact) mass is 298 g/mol. The lowest BCUT2D eigenvalue weighted by molar-refractivity contribution is 0.600. The number of nitrogens with two attached hydrogens (primary N) is 1. The summed E-state index contributed by atoms with van der Waals surface area (Å²) in [6.45, 7) is 4.27. The number of aromatic nitrogens is 2. The highest BCUT2D eigenvalue weighted by Gasteiger charge is 2.13. The Balaban J connectivity index is 2.32. The second-order valence-corrected chi connectivity index (χ2v) is 5.13. The highest BCUT2D eigenvalue weighted by molar-refractivity contribution is 6.31. The number of fused-ring (bicyclic) bond motifs is 1. The third kappa shape index (κ3) is 3.22. The van der Waals surface area contributed by atoms with Crippen molar-refractivity contribution in [3.8, 4) is 0 Å². The number of benzene rings is 1. The molecule has 0 aliphatic heterocycles. The summed E-state index contributed by atoms with van der Waals surface area (Å²) in [5.74, 6) is 0.349. The van der Waals surface area contributed by atoms with Gasteiger partial charge < -0.3 is 15.6 Å². The lowest BCUT2D eigenvalue weighted by atomic mass is 10.2. The Morgan fingerprint density at radius 1 is 1.35 bits per heavy atom. The van der Waals surface area contributed by atoms with E-state index in [0.29, 0.717) is 12.1 Å². The van der Waals surface area contributed by atoms with Crippen LogP contribution in [0.2, 0.25) is 5.02 Å². The molecule has 0 saturated carbocycles. The first kappa shape index (κ1) is 15.1. The predicted molar refractivity (Wildman–Crippen MR) is 81.8 cm³/mol. The van der Waals surface area contributed by atoms with Crippen molar-refractivity contribution < 1.29 is 4.39 Å². The third-order valence-electron chi connectivity index (χ3n) is 3.21. The van der Waals surface area contributed by atoms with Crippen molar-refractivity contribution in [3.05, 3.63) is 23.0 Å². The van der Waals surface area contributed by atoms with Crippen molar-refractivity contribution in [1.82, 2.24) is 9.55 Å². The topological polar surface area (TPSA) is 55.9 Å². The molecule has 1 aromatic heterocycles. The van der Waals surface area contributed by atoms with Crippen LogP contribution < -0.4 is 11.1 Å². The van der Waals surface area contributed by atoms with Gasteiger partial charge in [-0.3, -0.25) is 0 Å². The van der Waals surface area contributed by atoms with E-state index in [2.05, 4.69) is 10.3 Å². The van der Waals surface area contributed by atoms with Crippen LogP contribution in [0.15, 0.2) is 12.1 Å². The fourth-order valence-corrected chi connectivity index (χ4v) is 2.39. The fourth-order valence-electron chi connectivity index (χ4n) is 2.23. The maximum atomic E-state index is 13.7. The molecule has 0 aliphatic rings. The molecule has 6 heteroatoms. The molecule has 0 bridgehead atoms. The van der Waals surface area contributed by atoms with Crippen LogP contribution in [0.25, 0.3) is 11.0 Å². The summed E-state index contributed by atoms with van der Waals surface area (Å²) in [6, 6.07) is 3.03. The fraction of sp³-hybridized carbons (Fsp3) is 0.500. The number of imidazole rings is 1. The lowest BCUT2D eigenvalue weighted by Crippen LogP contribution is -2.08. The van der Waals surface area contributed by atoms with Gasteiger partial charge in [-0.15, -0.1) is 0 Å². The van der Waals surface area contributed by atoms with E-state index in [1.165, 1.54) is 6.07 Å². The van der Waals surface area contributed by atoms with Crippen molar-refractivity contribution >= 4 is 28.6 Å². The van der Waals surface area contributed by atoms with Crippen LogP contribution in [0.5, 0.6) is 0 Å². The molecular weight excluding hydrogens is 279 g/mol. The first-order valence-electron chi connectivity index (χ1n) is 6.96. The Morgan fingerprint density at radius 2 is 2.15 bits per heavy atom. The Hall–Kier alpha value is -1.33. The molecule has 3 N–H and O–H groups in total. The van der Waals surface area contributed by atoms with Crippen LogP contribution in [-0.4, -0.2) is 22.6 Å². The van der Waals surface area contributed by atoms with Crippen LogP contribution in [0, 0.1) is 5.82 Å². The van der Waals surface area contributed by atoms with Gasteiger partial charge >= 0.3 is 0 Å². The first-order chi connectivity index (χ1) is 9.67. The maximum Gasteiger partial charge on any atom is 0.203 e.